The number of amides is 1. The van der Waals surface area contributed by atoms with Gasteiger partial charge in [-0.05, 0) is 43.5 Å². The fourth-order valence-electron chi connectivity index (χ4n) is 3.83. The highest BCUT2D eigenvalue weighted by molar-refractivity contribution is 7.26. The van der Waals surface area contributed by atoms with Gasteiger partial charge < -0.3 is 10.2 Å². The first-order chi connectivity index (χ1) is 12.3. The lowest BCUT2D eigenvalue weighted by atomic mass is 10.1. The van der Waals surface area contributed by atoms with E-state index < -0.39 is 0 Å². The monoisotopic (exact) mass is 369 g/mol. The molecule has 128 valence electrons. The van der Waals surface area contributed by atoms with Crippen molar-refractivity contribution in [2.24, 2.45) is 0 Å². The van der Waals surface area contributed by atoms with Crippen molar-refractivity contribution in [1.29, 1.82) is 0 Å². The Bertz CT molecular complexity index is 899. The van der Waals surface area contributed by atoms with E-state index in [0.29, 0.717) is 12.1 Å². The number of benzene rings is 1. The van der Waals surface area contributed by atoms with E-state index in [9.17, 15) is 4.79 Å². The van der Waals surface area contributed by atoms with Crippen LogP contribution in [0.4, 0.5) is 0 Å². The van der Waals surface area contributed by atoms with Crippen LogP contribution in [0.1, 0.15) is 28.9 Å². The van der Waals surface area contributed by atoms with Gasteiger partial charge in [0.1, 0.15) is 5.01 Å². The Morgan fingerprint density at radius 2 is 1.96 bits per heavy atom. The minimum absolute atomic E-state index is 0.173. The lowest BCUT2D eigenvalue weighted by molar-refractivity contribution is 0.0753. The molecule has 2 unspecified atom stereocenters. The maximum atomic E-state index is 12.9. The average molecular weight is 370 g/mol. The second-order valence-electron chi connectivity index (χ2n) is 6.83. The Balaban J connectivity index is 1.39. The number of carbonyl (C=O) groups excluding carboxylic acids is 1. The summed E-state index contributed by atoms with van der Waals surface area (Å²) in [5.74, 6) is 0.173. The fraction of sp³-hybridized carbons (Fsp3) is 0.368. The van der Waals surface area contributed by atoms with Crippen molar-refractivity contribution >= 4 is 38.8 Å². The summed E-state index contributed by atoms with van der Waals surface area (Å²) in [5, 5.41) is 4.64. The molecule has 1 N–H and O–H groups in total. The standard InChI is InChI=1S/C19H19N3OS2/c23-19(22-10-9-12-5-6-13(11-22)20-12)17-8-7-16(24-17)18-21-14-3-1-2-4-15(14)25-18/h1-4,7-8,12-13,20H,5-6,9-11H2. The first-order valence-electron chi connectivity index (χ1n) is 8.77. The van der Waals surface area contributed by atoms with Crippen molar-refractivity contribution in [3.63, 3.8) is 0 Å². The molecule has 0 spiro atoms. The first-order valence-corrected chi connectivity index (χ1v) is 10.4. The SMILES string of the molecule is O=C(c1ccc(-c2nc3ccccc3s2)s1)N1CCC2CCC(C1)N2. The molecule has 3 aromatic rings. The molecule has 6 heteroatoms. The Morgan fingerprint density at radius 3 is 2.88 bits per heavy atom. The van der Waals surface area contributed by atoms with E-state index in [1.54, 1.807) is 22.7 Å². The first kappa shape index (κ1) is 15.5. The third-order valence-corrected chi connectivity index (χ3v) is 7.41. The smallest absolute Gasteiger partial charge is 0.263 e. The van der Waals surface area contributed by atoms with Gasteiger partial charge in [0, 0.05) is 25.2 Å². The topological polar surface area (TPSA) is 45.2 Å². The van der Waals surface area contributed by atoms with E-state index in [-0.39, 0.29) is 5.91 Å². The van der Waals surface area contributed by atoms with E-state index in [0.717, 1.165) is 39.8 Å². The highest BCUT2D eigenvalue weighted by atomic mass is 32.1. The van der Waals surface area contributed by atoms with Crippen molar-refractivity contribution < 1.29 is 4.79 Å². The molecule has 2 aromatic heterocycles. The van der Waals surface area contributed by atoms with Gasteiger partial charge >= 0.3 is 0 Å². The van der Waals surface area contributed by atoms with Gasteiger partial charge in [-0.25, -0.2) is 4.98 Å². The Labute approximate surface area is 154 Å². The van der Waals surface area contributed by atoms with Crippen LogP contribution in [0.5, 0.6) is 0 Å². The van der Waals surface area contributed by atoms with Crippen LogP contribution in [0.3, 0.4) is 0 Å². The molecular weight excluding hydrogens is 350 g/mol. The number of nitrogens with zero attached hydrogens (tertiary/aromatic N) is 2. The predicted octanol–water partition coefficient (Wildman–Crippen LogP) is 3.99. The van der Waals surface area contributed by atoms with Crippen molar-refractivity contribution in [3.05, 3.63) is 41.3 Å². The van der Waals surface area contributed by atoms with E-state index in [4.69, 9.17) is 4.98 Å². The molecule has 1 amide bonds. The number of thiophene rings is 1. The predicted molar refractivity (Wildman–Crippen MR) is 103 cm³/mol. The number of thiazole rings is 1. The molecule has 4 nitrogen and oxygen atoms in total. The van der Waals surface area contributed by atoms with Crippen molar-refractivity contribution in [2.45, 2.75) is 31.3 Å². The van der Waals surface area contributed by atoms with E-state index >= 15 is 0 Å². The summed E-state index contributed by atoms with van der Waals surface area (Å²) >= 11 is 3.25. The zero-order chi connectivity index (χ0) is 16.8. The number of rotatable bonds is 2. The van der Waals surface area contributed by atoms with Crippen LogP contribution < -0.4 is 5.32 Å². The van der Waals surface area contributed by atoms with Gasteiger partial charge in [0.05, 0.1) is 20.0 Å². The van der Waals surface area contributed by atoms with Crippen molar-refractivity contribution in [2.75, 3.05) is 13.1 Å². The van der Waals surface area contributed by atoms with Gasteiger partial charge in [-0.1, -0.05) is 12.1 Å². The summed E-state index contributed by atoms with van der Waals surface area (Å²) in [6.45, 7) is 1.70. The molecule has 1 aromatic carbocycles. The molecule has 0 saturated carbocycles. The second-order valence-corrected chi connectivity index (χ2v) is 8.94. The summed E-state index contributed by atoms with van der Waals surface area (Å²) in [6.07, 6.45) is 3.52. The molecule has 2 aliphatic rings. The normalized spacial score (nSPS) is 23.1. The number of likely N-dealkylation sites (tertiary alicyclic amines) is 1. The van der Waals surface area contributed by atoms with Gasteiger partial charge in [-0.3, -0.25) is 4.79 Å². The Hall–Kier alpha value is -1.76. The van der Waals surface area contributed by atoms with E-state index in [1.165, 1.54) is 17.5 Å². The van der Waals surface area contributed by atoms with Crippen LogP contribution in [0.2, 0.25) is 0 Å². The molecule has 4 heterocycles. The molecule has 2 bridgehead atoms. The summed E-state index contributed by atoms with van der Waals surface area (Å²) in [6, 6.07) is 13.3. The minimum atomic E-state index is 0.173. The van der Waals surface area contributed by atoms with Gasteiger partial charge in [-0.2, -0.15) is 0 Å². The average Bonchev–Trinajstić information content (AvgIpc) is 3.31. The molecule has 2 atom stereocenters. The van der Waals surface area contributed by atoms with Crippen LogP contribution in [0, 0.1) is 0 Å². The summed E-state index contributed by atoms with van der Waals surface area (Å²) in [7, 11) is 0. The summed E-state index contributed by atoms with van der Waals surface area (Å²) in [4.78, 5) is 21.6. The fourth-order valence-corrected chi connectivity index (χ4v) is 5.82. The van der Waals surface area contributed by atoms with Crippen LogP contribution in [-0.2, 0) is 0 Å². The van der Waals surface area contributed by atoms with Crippen LogP contribution in [-0.4, -0.2) is 41.0 Å². The summed E-state index contributed by atoms with van der Waals surface area (Å²) < 4.78 is 1.19. The van der Waals surface area contributed by atoms with Crippen molar-refractivity contribution in [1.82, 2.24) is 15.2 Å². The molecule has 25 heavy (non-hydrogen) atoms. The number of nitrogens with one attached hydrogen (secondary N) is 1. The van der Waals surface area contributed by atoms with Gasteiger partial charge in [0.15, 0.2) is 0 Å². The number of aromatic nitrogens is 1. The number of para-hydroxylation sites is 1. The molecule has 2 saturated heterocycles. The third-order valence-electron chi connectivity index (χ3n) is 5.13. The largest absolute Gasteiger partial charge is 0.336 e. The molecule has 5 rings (SSSR count). The number of hydrogen-bond acceptors (Lipinski definition) is 5. The van der Waals surface area contributed by atoms with E-state index in [2.05, 4.69) is 11.4 Å². The quantitative estimate of drug-likeness (QED) is 0.743. The zero-order valence-electron chi connectivity index (χ0n) is 13.8. The highest BCUT2D eigenvalue weighted by Crippen LogP contribution is 2.35. The molecule has 0 radical (unpaired) electrons. The summed E-state index contributed by atoms with van der Waals surface area (Å²) in [5.41, 5.74) is 1.03. The highest BCUT2D eigenvalue weighted by Gasteiger charge is 2.31. The molecule has 2 fully saturated rings. The van der Waals surface area contributed by atoms with Gasteiger partial charge in [-0.15, -0.1) is 22.7 Å². The van der Waals surface area contributed by atoms with Gasteiger partial charge in [0.25, 0.3) is 5.91 Å². The number of carbonyl (C=O) groups is 1. The third kappa shape index (κ3) is 2.88. The van der Waals surface area contributed by atoms with E-state index in [1.807, 2.05) is 35.2 Å². The molecule has 0 aliphatic carbocycles. The van der Waals surface area contributed by atoms with Gasteiger partial charge in [0.2, 0.25) is 0 Å². The molecular formula is C19H19N3OS2. The van der Waals surface area contributed by atoms with Crippen LogP contribution in [0.15, 0.2) is 36.4 Å². The lowest BCUT2D eigenvalue weighted by Gasteiger charge is -2.23. The second kappa shape index (κ2) is 6.20. The Kier molecular flexibility index (Phi) is 3.84. The van der Waals surface area contributed by atoms with Crippen molar-refractivity contribution in [3.8, 4) is 9.88 Å². The maximum absolute atomic E-state index is 12.9. The minimum Gasteiger partial charge on any atom is -0.336 e. The Morgan fingerprint density at radius 1 is 1.08 bits per heavy atom. The number of fused-ring (bicyclic) bond motifs is 3. The zero-order valence-corrected chi connectivity index (χ0v) is 15.4. The maximum Gasteiger partial charge on any atom is 0.263 e. The molecule has 2 aliphatic heterocycles. The van der Waals surface area contributed by atoms with Crippen LogP contribution in [0.25, 0.3) is 20.1 Å². The lowest BCUT2D eigenvalue weighted by Crippen LogP contribution is -2.38. The van der Waals surface area contributed by atoms with Crippen LogP contribution >= 0.6 is 22.7 Å². The number of hydrogen-bond donors (Lipinski definition) is 1.